The Balaban J connectivity index is 1.60. The average Bonchev–Trinajstić information content (AvgIpc) is 2.84. The first-order valence-corrected chi connectivity index (χ1v) is 12.0. The van der Waals surface area contributed by atoms with Crippen LogP contribution in [0.5, 0.6) is 5.75 Å². The summed E-state index contributed by atoms with van der Waals surface area (Å²) < 4.78 is 31.8. The number of aromatic nitrogens is 2. The summed E-state index contributed by atoms with van der Waals surface area (Å²) in [4.78, 5) is 31.0. The third-order valence-electron chi connectivity index (χ3n) is 4.77. The number of thioether (sulfide) groups is 2. The Hall–Kier alpha value is -3.37. The maximum absolute atomic E-state index is 13.4. The molecule has 1 N–H and O–H groups in total. The molecule has 1 aromatic heterocycles. The summed E-state index contributed by atoms with van der Waals surface area (Å²) in [7, 11) is 1.52. The van der Waals surface area contributed by atoms with E-state index in [4.69, 9.17) is 4.74 Å². The first-order chi connectivity index (χ1) is 16.5. The second-order valence-corrected chi connectivity index (χ2v) is 8.97. The molecule has 0 radical (unpaired) electrons. The molecule has 6 nitrogen and oxygen atoms in total. The number of anilines is 1. The predicted octanol–water partition coefficient (Wildman–Crippen LogP) is 5.44. The van der Waals surface area contributed by atoms with Crippen LogP contribution in [0.4, 0.5) is 14.5 Å². The molecule has 0 bridgehead atoms. The summed E-state index contributed by atoms with van der Waals surface area (Å²) in [5, 5.41) is 3.52. The fourth-order valence-electron chi connectivity index (χ4n) is 3.28. The molecule has 0 aliphatic rings. The van der Waals surface area contributed by atoms with Gasteiger partial charge in [0.15, 0.2) is 5.16 Å². The molecule has 0 aliphatic carbocycles. The molecule has 0 saturated heterocycles. The Morgan fingerprint density at radius 2 is 1.76 bits per heavy atom. The summed E-state index contributed by atoms with van der Waals surface area (Å²) in [6.07, 6.45) is 0. The topological polar surface area (TPSA) is 73.2 Å². The van der Waals surface area contributed by atoms with Gasteiger partial charge in [-0.05, 0) is 48.5 Å². The van der Waals surface area contributed by atoms with Gasteiger partial charge in [-0.25, -0.2) is 4.98 Å². The maximum Gasteiger partial charge on any atom is 0.288 e. The van der Waals surface area contributed by atoms with E-state index in [9.17, 15) is 18.4 Å². The van der Waals surface area contributed by atoms with Gasteiger partial charge in [0.1, 0.15) is 5.75 Å². The summed E-state index contributed by atoms with van der Waals surface area (Å²) in [5.74, 6) is -2.36. The van der Waals surface area contributed by atoms with Gasteiger partial charge in [-0.3, -0.25) is 14.2 Å². The van der Waals surface area contributed by atoms with E-state index in [-0.39, 0.29) is 17.2 Å². The molecule has 0 atom stereocenters. The number of nitrogens with one attached hydrogen (secondary N) is 1. The van der Waals surface area contributed by atoms with Crippen LogP contribution in [0.25, 0.3) is 16.6 Å². The minimum atomic E-state index is -2.51. The van der Waals surface area contributed by atoms with E-state index in [1.54, 1.807) is 60.7 Å². The highest BCUT2D eigenvalue weighted by Crippen LogP contribution is 2.28. The Morgan fingerprint density at radius 1 is 1.06 bits per heavy atom. The molecule has 4 rings (SSSR count). The highest BCUT2D eigenvalue weighted by atomic mass is 32.2. The van der Waals surface area contributed by atoms with Crippen LogP contribution < -0.4 is 15.6 Å². The first kappa shape index (κ1) is 23.8. The number of para-hydroxylation sites is 3. The Labute approximate surface area is 202 Å². The van der Waals surface area contributed by atoms with Crippen molar-refractivity contribution in [1.29, 1.82) is 0 Å². The number of carbonyl (C=O) groups excluding carboxylic acids is 1. The van der Waals surface area contributed by atoms with Gasteiger partial charge in [-0.1, -0.05) is 47.8 Å². The Morgan fingerprint density at radius 3 is 2.50 bits per heavy atom. The number of benzene rings is 3. The van der Waals surface area contributed by atoms with Gasteiger partial charge in [0.05, 0.1) is 29.5 Å². The summed E-state index contributed by atoms with van der Waals surface area (Å²) in [5.41, 5.74) is 1.25. The van der Waals surface area contributed by atoms with Gasteiger partial charge in [0, 0.05) is 10.6 Å². The van der Waals surface area contributed by atoms with E-state index >= 15 is 0 Å². The predicted molar refractivity (Wildman–Crippen MR) is 132 cm³/mol. The zero-order chi connectivity index (χ0) is 24.1. The second-order valence-electron chi connectivity index (χ2n) is 6.96. The molecule has 0 spiro atoms. The third kappa shape index (κ3) is 5.40. The highest BCUT2D eigenvalue weighted by molar-refractivity contribution is 8.00. The summed E-state index contributed by atoms with van der Waals surface area (Å²) >= 11 is 1.55. The van der Waals surface area contributed by atoms with Crippen molar-refractivity contribution in [1.82, 2.24) is 9.55 Å². The standard InChI is InChI=1S/C24H19F2N3O3S2/c1-32-20-9-5-4-8-19(20)29-22(31)17-6-2-3-7-18(17)28-24(29)33-14-21(30)27-15-10-12-16(13-11-15)34-23(25)26/h2-13,23H,14H2,1H3,(H,27,30). The minimum Gasteiger partial charge on any atom is -0.495 e. The molecule has 10 heteroatoms. The number of carbonyl (C=O) groups is 1. The number of halogens is 2. The molecular weight excluding hydrogens is 480 g/mol. The van der Waals surface area contributed by atoms with Crippen LogP contribution in [0, 0.1) is 0 Å². The number of hydrogen-bond donors (Lipinski definition) is 1. The Bertz CT molecular complexity index is 1380. The number of alkyl halides is 2. The van der Waals surface area contributed by atoms with Crippen molar-refractivity contribution in [2.45, 2.75) is 15.8 Å². The van der Waals surface area contributed by atoms with Crippen molar-refractivity contribution in [3.05, 3.63) is 83.2 Å². The highest BCUT2D eigenvalue weighted by Gasteiger charge is 2.17. The smallest absolute Gasteiger partial charge is 0.288 e. The van der Waals surface area contributed by atoms with Gasteiger partial charge < -0.3 is 10.1 Å². The lowest BCUT2D eigenvalue weighted by Gasteiger charge is -2.15. The monoisotopic (exact) mass is 499 g/mol. The molecule has 3 aromatic carbocycles. The zero-order valence-corrected chi connectivity index (χ0v) is 19.5. The van der Waals surface area contributed by atoms with Crippen LogP contribution in [-0.4, -0.2) is 34.1 Å². The molecule has 0 saturated carbocycles. The Kier molecular flexibility index (Phi) is 7.49. The number of amides is 1. The maximum atomic E-state index is 13.4. The first-order valence-electron chi connectivity index (χ1n) is 10.1. The van der Waals surface area contributed by atoms with Crippen LogP contribution in [0.1, 0.15) is 0 Å². The van der Waals surface area contributed by atoms with Gasteiger partial charge in [-0.15, -0.1) is 0 Å². The quantitative estimate of drug-likeness (QED) is 0.257. The molecule has 1 heterocycles. The summed E-state index contributed by atoms with van der Waals surface area (Å²) in [6, 6.07) is 20.2. The normalized spacial score (nSPS) is 11.1. The molecule has 0 unspecified atom stereocenters. The van der Waals surface area contributed by atoms with E-state index in [0.717, 1.165) is 11.8 Å². The van der Waals surface area contributed by atoms with Crippen LogP contribution in [0.2, 0.25) is 0 Å². The molecule has 174 valence electrons. The summed E-state index contributed by atoms with van der Waals surface area (Å²) in [6.45, 7) is 0. The SMILES string of the molecule is COc1ccccc1-n1c(SCC(=O)Nc2ccc(SC(F)F)cc2)nc2ccccc2c1=O. The molecule has 0 fully saturated rings. The van der Waals surface area contributed by atoms with Crippen molar-refractivity contribution >= 4 is 46.0 Å². The van der Waals surface area contributed by atoms with Crippen molar-refractivity contribution in [2.75, 3.05) is 18.2 Å². The fraction of sp³-hybridized carbons (Fsp3) is 0.125. The van der Waals surface area contributed by atoms with E-state index in [0.29, 0.717) is 49.8 Å². The second kappa shape index (κ2) is 10.7. The van der Waals surface area contributed by atoms with Gasteiger partial charge >= 0.3 is 0 Å². The van der Waals surface area contributed by atoms with Crippen molar-refractivity contribution in [2.24, 2.45) is 0 Å². The number of hydrogen-bond acceptors (Lipinski definition) is 6. The van der Waals surface area contributed by atoms with Crippen LogP contribution in [0.15, 0.2) is 87.6 Å². The molecule has 1 amide bonds. The number of rotatable bonds is 8. The fourth-order valence-corrected chi connectivity index (χ4v) is 4.59. The van der Waals surface area contributed by atoms with Crippen LogP contribution >= 0.6 is 23.5 Å². The molecular formula is C24H19F2N3O3S2. The van der Waals surface area contributed by atoms with Crippen molar-refractivity contribution in [3.63, 3.8) is 0 Å². The third-order valence-corrected chi connectivity index (χ3v) is 6.43. The lowest BCUT2D eigenvalue weighted by Crippen LogP contribution is -2.23. The number of methoxy groups -OCH3 is 1. The van der Waals surface area contributed by atoms with Crippen molar-refractivity contribution in [3.8, 4) is 11.4 Å². The van der Waals surface area contributed by atoms with Gasteiger partial charge in [0.2, 0.25) is 5.91 Å². The minimum absolute atomic E-state index is 0.0204. The van der Waals surface area contributed by atoms with Crippen molar-refractivity contribution < 1.29 is 18.3 Å². The van der Waals surface area contributed by atoms with Gasteiger partial charge in [0.25, 0.3) is 11.3 Å². The van der Waals surface area contributed by atoms with E-state index in [1.807, 2.05) is 0 Å². The molecule has 34 heavy (non-hydrogen) atoms. The van der Waals surface area contributed by atoms with Crippen LogP contribution in [-0.2, 0) is 4.79 Å². The van der Waals surface area contributed by atoms with Gasteiger partial charge in [-0.2, -0.15) is 8.78 Å². The number of ether oxygens (including phenoxy) is 1. The lowest BCUT2D eigenvalue weighted by molar-refractivity contribution is -0.113. The lowest BCUT2D eigenvalue weighted by atomic mass is 10.2. The molecule has 0 aliphatic heterocycles. The van der Waals surface area contributed by atoms with E-state index in [1.165, 1.54) is 23.8 Å². The van der Waals surface area contributed by atoms with E-state index < -0.39 is 5.76 Å². The average molecular weight is 500 g/mol. The molecule has 4 aromatic rings. The zero-order valence-electron chi connectivity index (χ0n) is 17.9. The van der Waals surface area contributed by atoms with Crippen LogP contribution in [0.3, 0.4) is 0 Å². The van der Waals surface area contributed by atoms with E-state index in [2.05, 4.69) is 10.3 Å². The number of nitrogens with zero attached hydrogens (tertiary/aromatic N) is 2. The number of fused-ring (bicyclic) bond motifs is 1. The largest absolute Gasteiger partial charge is 0.495 e.